The lowest BCUT2D eigenvalue weighted by Crippen LogP contribution is -2.54. The number of ether oxygens (including phenoxy) is 2. The molecular weight excluding hydrogens is 531 g/mol. The second-order valence-electron chi connectivity index (χ2n) is 7.72. The Morgan fingerprint density at radius 1 is 1.16 bits per heavy atom. The number of hydrogen-bond donors (Lipinski definition) is 1. The molecule has 7 nitrogen and oxygen atoms in total. The first-order valence-corrected chi connectivity index (χ1v) is 11.2. The van der Waals surface area contributed by atoms with E-state index in [-0.39, 0.29) is 35.5 Å². The molecule has 2 fully saturated rings. The van der Waals surface area contributed by atoms with E-state index in [0.29, 0.717) is 26.2 Å². The molecule has 174 valence electrons. The second-order valence-corrected chi connectivity index (χ2v) is 8.12. The van der Waals surface area contributed by atoms with Gasteiger partial charge in [0.05, 0.1) is 13.2 Å². The lowest BCUT2D eigenvalue weighted by atomic mass is 9.74. The first-order chi connectivity index (χ1) is 14.6. The topological polar surface area (TPSA) is 66.4 Å². The summed E-state index contributed by atoms with van der Waals surface area (Å²) in [4.78, 5) is 21.0. The van der Waals surface area contributed by atoms with Gasteiger partial charge >= 0.3 is 6.09 Å². The molecule has 0 bridgehead atoms. The maximum Gasteiger partial charge on any atom is 0.409 e. The second kappa shape index (κ2) is 12.7. The number of benzene rings is 1. The van der Waals surface area contributed by atoms with Crippen molar-refractivity contribution in [2.24, 2.45) is 4.99 Å². The van der Waals surface area contributed by atoms with Crippen LogP contribution in [0.3, 0.4) is 0 Å². The minimum Gasteiger partial charge on any atom is -0.450 e. The molecule has 1 aromatic carbocycles. The number of nitrogens with zero attached hydrogens (tertiary/aromatic N) is 3. The summed E-state index contributed by atoms with van der Waals surface area (Å²) in [6, 6.07) is 8.09. The summed E-state index contributed by atoms with van der Waals surface area (Å²) in [6.45, 7) is 9.90. The van der Waals surface area contributed by atoms with Crippen molar-refractivity contribution in [2.45, 2.75) is 32.1 Å². The molecule has 3 rings (SSSR count). The number of carbonyl (C=O) groups is 1. The van der Waals surface area contributed by atoms with Crippen LogP contribution in [0, 0.1) is 0 Å². The number of nitrogens with one attached hydrogen (secondary N) is 1. The first kappa shape index (κ1) is 26.0. The van der Waals surface area contributed by atoms with Crippen molar-refractivity contribution < 1.29 is 14.3 Å². The van der Waals surface area contributed by atoms with Gasteiger partial charge in [0, 0.05) is 56.4 Å². The molecule has 0 atom stereocenters. The van der Waals surface area contributed by atoms with Crippen LogP contribution in [0.4, 0.5) is 4.79 Å². The van der Waals surface area contributed by atoms with Gasteiger partial charge in [0.15, 0.2) is 5.96 Å². The summed E-state index contributed by atoms with van der Waals surface area (Å²) in [5, 5.41) is 4.22. The Balaban J connectivity index is 0.00000341. The number of halogens is 2. The number of piperazine rings is 1. The zero-order valence-corrected chi connectivity index (χ0v) is 21.5. The van der Waals surface area contributed by atoms with E-state index in [0.717, 1.165) is 62.2 Å². The van der Waals surface area contributed by atoms with E-state index in [1.807, 2.05) is 25.1 Å². The quantitative estimate of drug-likeness (QED) is 0.335. The molecule has 0 aromatic heterocycles. The standard InChI is InChI=1S/C22H33ClN4O3.HI/c1-3-24-20(26-11-13-27(14-12-26)21(28)30-4-2)25-17-22(9-15-29-16-10-22)18-7-5-6-8-19(18)23;/h5-8H,3-4,9-17H2,1-2H3,(H,24,25);1H. The molecule has 0 spiro atoms. The van der Waals surface area contributed by atoms with Gasteiger partial charge in [-0.15, -0.1) is 24.0 Å². The van der Waals surface area contributed by atoms with Crippen molar-refractivity contribution in [3.8, 4) is 0 Å². The molecule has 0 aliphatic carbocycles. The van der Waals surface area contributed by atoms with Gasteiger partial charge in [-0.05, 0) is 38.3 Å². The Kier molecular flexibility index (Phi) is 10.6. The molecule has 31 heavy (non-hydrogen) atoms. The fourth-order valence-electron chi connectivity index (χ4n) is 4.13. The number of rotatable bonds is 5. The van der Waals surface area contributed by atoms with E-state index in [9.17, 15) is 4.79 Å². The van der Waals surface area contributed by atoms with E-state index in [2.05, 4.69) is 23.2 Å². The summed E-state index contributed by atoms with van der Waals surface area (Å²) >= 11 is 6.58. The predicted molar refractivity (Wildman–Crippen MR) is 135 cm³/mol. The van der Waals surface area contributed by atoms with Crippen LogP contribution < -0.4 is 5.32 Å². The Bertz CT molecular complexity index is 735. The average molecular weight is 565 g/mol. The number of hydrogen-bond acceptors (Lipinski definition) is 4. The van der Waals surface area contributed by atoms with Gasteiger partial charge in [0.25, 0.3) is 0 Å². The van der Waals surface area contributed by atoms with Crippen LogP contribution in [0.15, 0.2) is 29.3 Å². The van der Waals surface area contributed by atoms with Gasteiger partial charge in [-0.3, -0.25) is 4.99 Å². The highest BCUT2D eigenvalue weighted by atomic mass is 127. The third kappa shape index (κ3) is 6.61. The van der Waals surface area contributed by atoms with E-state index >= 15 is 0 Å². The molecule has 0 unspecified atom stereocenters. The maximum atomic E-state index is 12.0. The summed E-state index contributed by atoms with van der Waals surface area (Å²) in [6.07, 6.45) is 1.56. The zero-order valence-electron chi connectivity index (χ0n) is 18.4. The van der Waals surface area contributed by atoms with Gasteiger partial charge in [0.1, 0.15) is 0 Å². The van der Waals surface area contributed by atoms with Crippen molar-refractivity contribution in [2.75, 3.05) is 59.1 Å². The summed E-state index contributed by atoms with van der Waals surface area (Å²) in [7, 11) is 0. The third-order valence-electron chi connectivity index (χ3n) is 5.87. The van der Waals surface area contributed by atoms with Crippen LogP contribution in [0.1, 0.15) is 32.3 Å². The molecule has 2 heterocycles. The molecule has 2 aliphatic rings. The summed E-state index contributed by atoms with van der Waals surface area (Å²) in [5.41, 5.74) is 1.03. The Hall–Kier alpha value is -1.26. The molecule has 0 saturated carbocycles. The van der Waals surface area contributed by atoms with E-state index in [1.165, 1.54) is 0 Å². The number of guanidine groups is 1. The lowest BCUT2D eigenvalue weighted by molar-refractivity contribution is 0.0530. The summed E-state index contributed by atoms with van der Waals surface area (Å²) < 4.78 is 10.8. The molecular formula is C22H34ClIN4O3. The fraction of sp³-hybridized carbons (Fsp3) is 0.636. The van der Waals surface area contributed by atoms with Crippen LogP contribution >= 0.6 is 35.6 Å². The summed E-state index contributed by atoms with van der Waals surface area (Å²) in [5.74, 6) is 0.888. The monoisotopic (exact) mass is 564 g/mol. The minimum absolute atomic E-state index is 0. The number of carbonyl (C=O) groups excluding carboxylic acids is 1. The van der Waals surface area contributed by atoms with E-state index in [1.54, 1.807) is 4.90 Å². The number of aliphatic imine (C=N–C) groups is 1. The number of amides is 1. The highest BCUT2D eigenvalue weighted by molar-refractivity contribution is 14.0. The molecule has 9 heteroatoms. The maximum absolute atomic E-state index is 12.0. The normalized spacial score (nSPS) is 18.9. The largest absolute Gasteiger partial charge is 0.450 e. The third-order valence-corrected chi connectivity index (χ3v) is 6.20. The van der Waals surface area contributed by atoms with Crippen molar-refractivity contribution in [3.05, 3.63) is 34.9 Å². The van der Waals surface area contributed by atoms with Crippen molar-refractivity contribution >= 4 is 47.6 Å². The molecule has 1 amide bonds. The molecule has 1 aromatic rings. The van der Waals surface area contributed by atoms with Crippen LogP contribution in [-0.2, 0) is 14.9 Å². The lowest BCUT2D eigenvalue weighted by Gasteiger charge is -2.39. The Labute approximate surface area is 207 Å². The van der Waals surface area contributed by atoms with Crippen LogP contribution in [-0.4, -0.2) is 80.9 Å². The molecule has 2 aliphatic heterocycles. The fourth-order valence-corrected chi connectivity index (χ4v) is 4.47. The molecule has 1 N–H and O–H groups in total. The first-order valence-electron chi connectivity index (χ1n) is 10.9. The highest BCUT2D eigenvalue weighted by Gasteiger charge is 2.36. The van der Waals surface area contributed by atoms with Gasteiger partial charge < -0.3 is 24.6 Å². The SMILES string of the molecule is CCNC(=NCC1(c2ccccc2Cl)CCOCC1)N1CCN(C(=O)OCC)CC1.I. The van der Waals surface area contributed by atoms with Crippen molar-refractivity contribution in [1.29, 1.82) is 0 Å². The van der Waals surface area contributed by atoms with Gasteiger partial charge in [-0.1, -0.05) is 29.8 Å². The minimum atomic E-state index is -0.237. The Morgan fingerprint density at radius 3 is 2.42 bits per heavy atom. The van der Waals surface area contributed by atoms with Crippen molar-refractivity contribution in [3.63, 3.8) is 0 Å². The van der Waals surface area contributed by atoms with Gasteiger partial charge in [-0.2, -0.15) is 0 Å². The highest BCUT2D eigenvalue weighted by Crippen LogP contribution is 2.39. The van der Waals surface area contributed by atoms with E-state index in [4.69, 9.17) is 26.1 Å². The van der Waals surface area contributed by atoms with Crippen LogP contribution in [0.2, 0.25) is 5.02 Å². The van der Waals surface area contributed by atoms with Crippen LogP contribution in [0.5, 0.6) is 0 Å². The predicted octanol–water partition coefficient (Wildman–Crippen LogP) is 3.75. The van der Waals surface area contributed by atoms with Crippen molar-refractivity contribution in [1.82, 2.24) is 15.1 Å². The molecule has 2 saturated heterocycles. The Morgan fingerprint density at radius 2 is 1.81 bits per heavy atom. The van der Waals surface area contributed by atoms with Crippen LogP contribution in [0.25, 0.3) is 0 Å². The van der Waals surface area contributed by atoms with E-state index < -0.39 is 0 Å². The molecule has 0 radical (unpaired) electrons. The smallest absolute Gasteiger partial charge is 0.409 e. The average Bonchev–Trinajstić information content (AvgIpc) is 2.78. The van der Waals surface area contributed by atoms with Gasteiger partial charge in [-0.25, -0.2) is 4.79 Å². The zero-order chi connectivity index (χ0) is 21.4. The van der Waals surface area contributed by atoms with Gasteiger partial charge in [0.2, 0.25) is 0 Å².